The van der Waals surface area contributed by atoms with Crippen LogP contribution in [0.3, 0.4) is 0 Å². The number of carbonyl (C=O) groups excluding carboxylic acids is 3. The summed E-state index contributed by atoms with van der Waals surface area (Å²) in [4.78, 5) is 38.5. The fraction of sp³-hybridized carbons (Fsp3) is 0.667. The van der Waals surface area contributed by atoms with Crippen LogP contribution in [-0.2, 0) is 23.8 Å². The fourth-order valence-electron chi connectivity index (χ4n) is 6.85. The smallest absolute Gasteiger partial charge is 0.333 e. The minimum atomic E-state index is -0.714. The summed E-state index contributed by atoms with van der Waals surface area (Å²) < 4.78 is 23.5. The Hall–Kier alpha value is -2.41. The lowest BCUT2D eigenvalue weighted by Gasteiger charge is -2.63. The van der Waals surface area contributed by atoms with Crippen LogP contribution in [0.4, 0.5) is 0 Å². The number of rotatable bonds is 6. The molecular formula is C27H36O7. The number of ketones is 1. The Labute approximate surface area is 201 Å². The van der Waals surface area contributed by atoms with Crippen molar-refractivity contribution < 1.29 is 33.0 Å². The molecule has 0 N–H and O–H groups in total. The van der Waals surface area contributed by atoms with Gasteiger partial charge in [-0.25, -0.2) is 4.79 Å². The first-order valence-electron chi connectivity index (χ1n) is 12.1. The summed E-state index contributed by atoms with van der Waals surface area (Å²) in [7, 11) is 0. The van der Waals surface area contributed by atoms with Crippen LogP contribution in [-0.4, -0.2) is 41.6 Å². The van der Waals surface area contributed by atoms with Crippen molar-refractivity contribution >= 4 is 17.7 Å². The molecule has 7 heteroatoms. The molecule has 3 fully saturated rings. The summed E-state index contributed by atoms with van der Waals surface area (Å²) in [6, 6.07) is 1.68. The van der Waals surface area contributed by atoms with Crippen LogP contribution in [0.5, 0.6) is 0 Å². The van der Waals surface area contributed by atoms with Crippen molar-refractivity contribution in [1.29, 1.82) is 0 Å². The molecule has 2 heterocycles. The van der Waals surface area contributed by atoms with Gasteiger partial charge in [-0.3, -0.25) is 9.59 Å². The van der Waals surface area contributed by atoms with E-state index in [9.17, 15) is 14.4 Å². The van der Waals surface area contributed by atoms with Crippen molar-refractivity contribution in [3.63, 3.8) is 0 Å². The average molecular weight is 473 g/mol. The summed E-state index contributed by atoms with van der Waals surface area (Å²) in [6.07, 6.45) is 5.29. The molecule has 0 spiro atoms. The first kappa shape index (κ1) is 24.7. The Morgan fingerprint density at radius 2 is 1.85 bits per heavy atom. The molecule has 1 saturated heterocycles. The lowest BCUT2D eigenvalue weighted by Crippen LogP contribution is -2.69. The van der Waals surface area contributed by atoms with Crippen molar-refractivity contribution in [1.82, 2.24) is 0 Å². The number of hydrogen-bond acceptors (Lipinski definition) is 7. The minimum Gasteiger partial charge on any atom is -0.472 e. The highest BCUT2D eigenvalue weighted by molar-refractivity contribution is 5.96. The number of furan rings is 1. The molecule has 1 aliphatic heterocycles. The third-order valence-electron chi connectivity index (χ3n) is 9.35. The maximum Gasteiger partial charge on any atom is 0.333 e. The van der Waals surface area contributed by atoms with Gasteiger partial charge in [-0.05, 0) is 51.0 Å². The van der Waals surface area contributed by atoms with E-state index < -0.39 is 40.6 Å². The Morgan fingerprint density at radius 1 is 1.15 bits per heavy atom. The number of fused-ring (bicyclic) bond motifs is 3. The number of esters is 2. The van der Waals surface area contributed by atoms with Crippen molar-refractivity contribution in [2.75, 3.05) is 0 Å². The van der Waals surface area contributed by atoms with E-state index in [2.05, 4.69) is 20.8 Å². The summed E-state index contributed by atoms with van der Waals surface area (Å²) in [5.41, 5.74) is -0.700. The third kappa shape index (κ3) is 3.55. The van der Waals surface area contributed by atoms with Crippen LogP contribution >= 0.6 is 0 Å². The predicted molar refractivity (Wildman–Crippen MR) is 124 cm³/mol. The van der Waals surface area contributed by atoms with Gasteiger partial charge in [0.15, 0.2) is 5.78 Å². The summed E-state index contributed by atoms with van der Waals surface area (Å²) >= 11 is 0. The molecule has 1 aromatic heterocycles. The second-order valence-electron chi connectivity index (χ2n) is 10.9. The van der Waals surface area contributed by atoms with Crippen LogP contribution in [0.1, 0.15) is 78.1 Å². The Morgan fingerprint density at radius 3 is 2.44 bits per heavy atom. The number of allylic oxidation sites excluding steroid dienone is 1. The highest BCUT2D eigenvalue weighted by Crippen LogP contribution is 2.71. The molecule has 0 radical (unpaired) electrons. The highest BCUT2D eigenvalue weighted by Gasteiger charge is 2.78. The highest BCUT2D eigenvalue weighted by atomic mass is 16.6. The van der Waals surface area contributed by atoms with Crippen molar-refractivity contribution in [2.24, 2.45) is 22.7 Å². The van der Waals surface area contributed by atoms with Crippen LogP contribution < -0.4 is 0 Å². The molecule has 8 atom stereocenters. The number of ether oxygens (including phenoxy) is 3. The summed E-state index contributed by atoms with van der Waals surface area (Å²) in [5, 5.41) is 0. The fourth-order valence-corrected chi connectivity index (χ4v) is 6.85. The monoisotopic (exact) mass is 472 g/mol. The molecule has 2 aliphatic carbocycles. The normalized spacial score (nSPS) is 41.1. The van der Waals surface area contributed by atoms with Gasteiger partial charge in [-0.2, -0.15) is 0 Å². The second kappa shape index (κ2) is 8.36. The molecule has 34 heavy (non-hydrogen) atoms. The Kier molecular flexibility index (Phi) is 6.08. The van der Waals surface area contributed by atoms with E-state index in [0.29, 0.717) is 11.1 Å². The average Bonchev–Trinajstić information content (AvgIpc) is 3.20. The second-order valence-corrected chi connectivity index (χ2v) is 10.9. The van der Waals surface area contributed by atoms with Gasteiger partial charge in [0.05, 0.1) is 17.9 Å². The van der Waals surface area contributed by atoms with E-state index in [-0.39, 0.29) is 30.1 Å². The van der Waals surface area contributed by atoms with E-state index in [1.807, 2.05) is 6.92 Å². The van der Waals surface area contributed by atoms with Crippen LogP contribution in [0.25, 0.3) is 0 Å². The molecule has 0 aromatic carbocycles. The zero-order chi connectivity index (χ0) is 25.1. The van der Waals surface area contributed by atoms with E-state index in [0.717, 1.165) is 12.8 Å². The Bertz CT molecular complexity index is 1010. The SMILES string of the molecule is C/C=C(\C)C(=O)O[C@@H]1[C@H](OC(C)=O)[C@@H](C)[C@](C)(CC(=O)c2ccoc2)[C@@H]2CC[C@H]3O[C@]3(C)[C@]12C. The topological polar surface area (TPSA) is 95.3 Å². The summed E-state index contributed by atoms with van der Waals surface area (Å²) in [5.74, 6) is -1.13. The molecule has 186 valence electrons. The van der Waals surface area contributed by atoms with Gasteiger partial charge < -0.3 is 18.6 Å². The van der Waals surface area contributed by atoms with Crippen LogP contribution in [0.2, 0.25) is 0 Å². The maximum atomic E-state index is 13.3. The van der Waals surface area contributed by atoms with E-state index >= 15 is 0 Å². The molecular weight excluding hydrogens is 436 g/mol. The number of hydrogen-bond donors (Lipinski definition) is 0. The molecule has 1 aromatic rings. The lowest BCUT2D eigenvalue weighted by molar-refractivity contribution is -0.242. The van der Waals surface area contributed by atoms with Gasteiger partial charge in [0.25, 0.3) is 0 Å². The van der Waals surface area contributed by atoms with Gasteiger partial charge in [0, 0.05) is 30.3 Å². The van der Waals surface area contributed by atoms with Crippen LogP contribution in [0, 0.1) is 22.7 Å². The van der Waals surface area contributed by atoms with Crippen molar-refractivity contribution in [3.05, 3.63) is 35.8 Å². The first-order valence-corrected chi connectivity index (χ1v) is 12.1. The predicted octanol–water partition coefficient (Wildman–Crippen LogP) is 4.89. The summed E-state index contributed by atoms with van der Waals surface area (Å²) in [6.45, 7) is 13.1. The number of carbonyl (C=O) groups is 3. The van der Waals surface area contributed by atoms with E-state index in [1.165, 1.54) is 19.5 Å². The number of epoxide rings is 1. The molecule has 2 saturated carbocycles. The zero-order valence-electron chi connectivity index (χ0n) is 21.2. The zero-order valence-corrected chi connectivity index (χ0v) is 21.2. The molecule has 0 unspecified atom stereocenters. The third-order valence-corrected chi connectivity index (χ3v) is 9.35. The standard InChI is InChI=1S/C27H36O7/c1-8-15(2)24(30)33-23-22(32-17(4)28)16(3)25(5,13-19(29)18-11-12-31-14-18)20-9-10-21-27(7,34-21)26(20,23)6/h8,11-12,14,16,20-23H,9-10,13H2,1-7H3/b15-8+/t16-,20+,21-,22-,23-,25+,26+,27+/m1/s1. The van der Waals surface area contributed by atoms with Gasteiger partial charge >= 0.3 is 11.9 Å². The first-order chi connectivity index (χ1) is 15.9. The maximum absolute atomic E-state index is 13.3. The minimum absolute atomic E-state index is 0.00474. The van der Waals surface area contributed by atoms with Gasteiger partial charge in [0.2, 0.25) is 0 Å². The van der Waals surface area contributed by atoms with E-state index in [1.54, 1.807) is 26.0 Å². The van der Waals surface area contributed by atoms with E-state index in [4.69, 9.17) is 18.6 Å². The van der Waals surface area contributed by atoms with Gasteiger partial charge in [-0.15, -0.1) is 0 Å². The van der Waals surface area contributed by atoms with Crippen LogP contribution in [0.15, 0.2) is 34.7 Å². The Balaban J connectivity index is 1.82. The molecule has 3 aliphatic rings. The number of Topliss-reactive ketones (excluding diaryl/α,β-unsaturated/α-hetero) is 1. The largest absolute Gasteiger partial charge is 0.472 e. The molecule has 0 amide bonds. The lowest BCUT2D eigenvalue weighted by atomic mass is 9.43. The van der Waals surface area contributed by atoms with Gasteiger partial charge in [0.1, 0.15) is 24.1 Å². The quantitative estimate of drug-likeness (QED) is 0.252. The molecule has 4 rings (SSSR count). The van der Waals surface area contributed by atoms with Crippen molar-refractivity contribution in [3.8, 4) is 0 Å². The molecule has 7 nitrogen and oxygen atoms in total. The van der Waals surface area contributed by atoms with Crippen molar-refractivity contribution in [2.45, 2.75) is 91.6 Å². The van der Waals surface area contributed by atoms with Gasteiger partial charge in [-0.1, -0.05) is 26.8 Å². The molecule has 0 bridgehead atoms.